The van der Waals surface area contributed by atoms with Gasteiger partial charge < -0.3 is 11.1 Å². The molecule has 1 aliphatic rings. The third-order valence-corrected chi connectivity index (χ3v) is 3.10. The highest BCUT2D eigenvalue weighted by Gasteiger charge is 2.23. The van der Waals surface area contributed by atoms with E-state index in [0.29, 0.717) is 11.2 Å². The molecule has 0 radical (unpaired) electrons. The summed E-state index contributed by atoms with van der Waals surface area (Å²) in [4.78, 5) is 18.3. The van der Waals surface area contributed by atoms with Crippen molar-refractivity contribution in [2.75, 3.05) is 18.4 Å². The Balaban J connectivity index is 1.87. The summed E-state index contributed by atoms with van der Waals surface area (Å²) in [7, 11) is 0. The van der Waals surface area contributed by atoms with Gasteiger partial charge in [0.05, 0.1) is 0 Å². The molecule has 1 fully saturated rings. The van der Waals surface area contributed by atoms with Gasteiger partial charge in [-0.15, -0.1) is 11.3 Å². The number of rotatable bonds is 3. The van der Waals surface area contributed by atoms with E-state index < -0.39 is 0 Å². The van der Waals surface area contributed by atoms with Gasteiger partial charge in [0.15, 0.2) is 5.13 Å². The van der Waals surface area contributed by atoms with E-state index in [4.69, 9.17) is 5.73 Å². The van der Waals surface area contributed by atoms with Crippen molar-refractivity contribution in [2.45, 2.75) is 19.5 Å². The zero-order valence-electron chi connectivity index (χ0n) is 8.56. The third-order valence-electron chi connectivity index (χ3n) is 2.20. The topological polar surface area (TPSA) is 71.2 Å². The molecule has 0 atom stereocenters. The average Bonchev–Trinajstić information content (AvgIpc) is 2.48. The summed E-state index contributed by atoms with van der Waals surface area (Å²) in [6.45, 7) is 4.27. The molecule has 0 spiro atoms. The normalized spacial score (nSPS) is 17.5. The van der Waals surface area contributed by atoms with Crippen LogP contribution in [0.3, 0.4) is 0 Å². The molecule has 1 amide bonds. The van der Waals surface area contributed by atoms with Gasteiger partial charge in [-0.2, -0.15) is 0 Å². The van der Waals surface area contributed by atoms with Crippen LogP contribution in [-0.4, -0.2) is 34.9 Å². The Morgan fingerprint density at radius 1 is 1.80 bits per heavy atom. The third kappa shape index (κ3) is 2.74. The first-order chi connectivity index (χ1) is 7.13. The number of nitrogens with two attached hydrogens (primary N) is 1. The van der Waals surface area contributed by atoms with Crippen molar-refractivity contribution in [3.05, 3.63) is 11.1 Å². The minimum absolute atomic E-state index is 0.0816. The summed E-state index contributed by atoms with van der Waals surface area (Å²) in [6, 6.07) is 0.327. The number of aromatic nitrogens is 1. The summed E-state index contributed by atoms with van der Waals surface area (Å²) in [5.74, 6) is -0.0816. The first-order valence-electron chi connectivity index (χ1n) is 4.83. The van der Waals surface area contributed by atoms with Crippen LogP contribution in [0.1, 0.15) is 11.8 Å². The average molecular weight is 226 g/mol. The molecule has 2 heterocycles. The van der Waals surface area contributed by atoms with Crippen LogP contribution in [-0.2, 0) is 11.3 Å². The monoisotopic (exact) mass is 226 g/mol. The smallest absolute Gasteiger partial charge is 0.223 e. The Morgan fingerprint density at radius 3 is 3.13 bits per heavy atom. The molecule has 0 aromatic carbocycles. The zero-order valence-corrected chi connectivity index (χ0v) is 9.38. The van der Waals surface area contributed by atoms with Gasteiger partial charge in [0, 0.05) is 43.7 Å². The van der Waals surface area contributed by atoms with Gasteiger partial charge in [-0.3, -0.25) is 9.69 Å². The Labute approximate surface area is 92.3 Å². The van der Waals surface area contributed by atoms with E-state index in [0.717, 1.165) is 24.5 Å². The van der Waals surface area contributed by atoms with E-state index in [2.05, 4.69) is 15.2 Å². The fourth-order valence-corrected chi connectivity index (χ4v) is 2.45. The standard InChI is InChI=1S/C9H14N4OS/c1-6(14)12-9-11-2-8(15-9)5-13-3-7(10)4-13/h2,7H,3-5,10H2,1H3,(H,11,12,14). The first kappa shape index (κ1) is 10.5. The fraction of sp³-hybridized carbons (Fsp3) is 0.556. The van der Waals surface area contributed by atoms with E-state index in [9.17, 15) is 4.79 Å². The van der Waals surface area contributed by atoms with Crippen molar-refractivity contribution < 1.29 is 4.79 Å². The zero-order chi connectivity index (χ0) is 10.8. The molecule has 1 aromatic heterocycles. The second-order valence-electron chi connectivity index (χ2n) is 3.77. The molecule has 0 aliphatic carbocycles. The summed E-state index contributed by atoms with van der Waals surface area (Å²) in [5, 5.41) is 3.34. The molecule has 5 nitrogen and oxygen atoms in total. The Kier molecular flexibility index (Phi) is 2.99. The number of nitrogens with zero attached hydrogens (tertiary/aromatic N) is 2. The maximum Gasteiger partial charge on any atom is 0.223 e. The van der Waals surface area contributed by atoms with Crippen LogP contribution in [0.25, 0.3) is 0 Å². The van der Waals surface area contributed by atoms with Crippen molar-refractivity contribution in [3.63, 3.8) is 0 Å². The van der Waals surface area contributed by atoms with Crippen molar-refractivity contribution in [3.8, 4) is 0 Å². The maximum atomic E-state index is 10.8. The van der Waals surface area contributed by atoms with Crippen molar-refractivity contribution in [1.82, 2.24) is 9.88 Å². The number of hydrogen-bond acceptors (Lipinski definition) is 5. The Morgan fingerprint density at radius 2 is 2.53 bits per heavy atom. The summed E-state index contributed by atoms with van der Waals surface area (Å²) >= 11 is 1.51. The Bertz CT molecular complexity index is 359. The summed E-state index contributed by atoms with van der Waals surface area (Å²) in [5.41, 5.74) is 5.68. The number of hydrogen-bond donors (Lipinski definition) is 2. The van der Waals surface area contributed by atoms with Gasteiger partial charge >= 0.3 is 0 Å². The van der Waals surface area contributed by atoms with Crippen LogP contribution in [0.15, 0.2) is 6.20 Å². The molecule has 1 aromatic rings. The van der Waals surface area contributed by atoms with Crippen LogP contribution in [0.5, 0.6) is 0 Å². The van der Waals surface area contributed by atoms with Gasteiger partial charge in [-0.25, -0.2) is 4.98 Å². The maximum absolute atomic E-state index is 10.8. The van der Waals surface area contributed by atoms with Gasteiger partial charge in [0.25, 0.3) is 0 Å². The molecular weight excluding hydrogens is 212 g/mol. The molecule has 0 unspecified atom stereocenters. The lowest BCUT2D eigenvalue weighted by atomic mass is 10.1. The fourth-order valence-electron chi connectivity index (χ4n) is 1.55. The molecule has 15 heavy (non-hydrogen) atoms. The molecule has 3 N–H and O–H groups in total. The van der Waals surface area contributed by atoms with Crippen LogP contribution in [0, 0.1) is 0 Å². The van der Waals surface area contributed by atoms with Crippen molar-refractivity contribution in [1.29, 1.82) is 0 Å². The van der Waals surface area contributed by atoms with Crippen LogP contribution < -0.4 is 11.1 Å². The second-order valence-corrected chi connectivity index (χ2v) is 4.88. The van der Waals surface area contributed by atoms with E-state index in [1.165, 1.54) is 18.3 Å². The lowest BCUT2D eigenvalue weighted by Crippen LogP contribution is -2.54. The number of carbonyl (C=O) groups is 1. The predicted octanol–water partition coefficient (Wildman–Crippen LogP) is 0.244. The number of thiazole rings is 1. The lowest BCUT2D eigenvalue weighted by molar-refractivity contribution is -0.114. The van der Waals surface area contributed by atoms with Crippen molar-refractivity contribution >= 4 is 22.4 Å². The van der Waals surface area contributed by atoms with Crippen LogP contribution >= 0.6 is 11.3 Å². The molecule has 2 rings (SSSR count). The highest BCUT2D eigenvalue weighted by atomic mass is 32.1. The highest BCUT2D eigenvalue weighted by Crippen LogP contribution is 2.21. The summed E-state index contributed by atoms with van der Waals surface area (Å²) < 4.78 is 0. The lowest BCUT2D eigenvalue weighted by Gasteiger charge is -2.36. The SMILES string of the molecule is CC(=O)Nc1ncc(CN2CC(N)C2)s1. The van der Waals surface area contributed by atoms with Crippen LogP contribution in [0.2, 0.25) is 0 Å². The van der Waals surface area contributed by atoms with Gasteiger partial charge in [-0.1, -0.05) is 0 Å². The minimum Gasteiger partial charge on any atom is -0.325 e. The number of likely N-dealkylation sites (tertiary alicyclic amines) is 1. The van der Waals surface area contributed by atoms with Crippen LogP contribution in [0.4, 0.5) is 5.13 Å². The van der Waals surface area contributed by atoms with Gasteiger partial charge in [-0.05, 0) is 0 Å². The highest BCUT2D eigenvalue weighted by molar-refractivity contribution is 7.15. The molecule has 6 heteroatoms. The van der Waals surface area contributed by atoms with E-state index in [-0.39, 0.29) is 5.91 Å². The van der Waals surface area contributed by atoms with E-state index in [1.807, 2.05) is 0 Å². The molecule has 0 bridgehead atoms. The van der Waals surface area contributed by atoms with E-state index in [1.54, 1.807) is 6.20 Å². The second kappa shape index (κ2) is 4.26. The van der Waals surface area contributed by atoms with Gasteiger partial charge in [0.2, 0.25) is 5.91 Å². The molecule has 82 valence electrons. The first-order valence-corrected chi connectivity index (χ1v) is 5.65. The largest absolute Gasteiger partial charge is 0.325 e. The quantitative estimate of drug-likeness (QED) is 0.774. The molecule has 1 saturated heterocycles. The summed E-state index contributed by atoms with van der Waals surface area (Å²) in [6.07, 6.45) is 1.81. The molecule has 0 saturated carbocycles. The molecule has 1 aliphatic heterocycles. The number of carbonyl (C=O) groups excluding carboxylic acids is 1. The minimum atomic E-state index is -0.0816. The van der Waals surface area contributed by atoms with E-state index >= 15 is 0 Å². The number of nitrogens with one attached hydrogen (secondary N) is 1. The molecular formula is C9H14N4OS. The van der Waals surface area contributed by atoms with Gasteiger partial charge in [0.1, 0.15) is 0 Å². The predicted molar refractivity (Wildman–Crippen MR) is 59.7 cm³/mol. The Hall–Kier alpha value is -0.980. The number of anilines is 1. The number of amides is 1. The van der Waals surface area contributed by atoms with Crippen molar-refractivity contribution in [2.24, 2.45) is 5.73 Å².